The van der Waals surface area contributed by atoms with E-state index < -0.39 is 11.4 Å². The number of carbonyl (C=O) groups excluding carboxylic acids is 1. The van der Waals surface area contributed by atoms with Gasteiger partial charge in [0.1, 0.15) is 5.41 Å². The van der Waals surface area contributed by atoms with Gasteiger partial charge in [-0.1, -0.05) is 18.2 Å². The molecule has 0 unspecified atom stereocenters. The second kappa shape index (κ2) is 4.44. The number of hydrogen-bond acceptors (Lipinski definition) is 2. The van der Waals surface area contributed by atoms with Crippen molar-refractivity contribution in [1.82, 2.24) is 0 Å². The maximum atomic E-state index is 12.4. The van der Waals surface area contributed by atoms with Crippen LogP contribution in [0, 0.1) is 5.41 Å². The van der Waals surface area contributed by atoms with Crippen LogP contribution in [-0.2, 0) is 16.0 Å². The molecule has 0 saturated heterocycles. The first-order valence-corrected chi connectivity index (χ1v) is 6.08. The standard InChI is InChI=1S/C14H17NO3/c1-14(2,13(17)18)12(16)15-9-5-7-10-6-3-4-8-11(10)15/h3-4,6,8H,5,7,9H2,1-2H3,(H,17,18). The first-order valence-electron chi connectivity index (χ1n) is 6.08. The number of benzene rings is 1. The summed E-state index contributed by atoms with van der Waals surface area (Å²) in [7, 11) is 0. The Hall–Kier alpha value is -1.84. The summed E-state index contributed by atoms with van der Waals surface area (Å²) < 4.78 is 0. The maximum absolute atomic E-state index is 12.4. The predicted molar refractivity (Wildman–Crippen MR) is 68.5 cm³/mol. The summed E-state index contributed by atoms with van der Waals surface area (Å²) in [6, 6.07) is 7.68. The van der Waals surface area contributed by atoms with E-state index in [-0.39, 0.29) is 5.91 Å². The van der Waals surface area contributed by atoms with E-state index in [2.05, 4.69) is 0 Å². The van der Waals surface area contributed by atoms with Crippen LogP contribution in [0.5, 0.6) is 0 Å². The second-order valence-corrected chi connectivity index (χ2v) is 5.12. The van der Waals surface area contributed by atoms with Gasteiger partial charge in [0.05, 0.1) is 0 Å². The largest absolute Gasteiger partial charge is 0.480 e. The van der Waals surface area contributed by atoms with Crippen molar-refractivity contribution in [3.8, 4) is 0 Å². The third-order valence-electron chi connectivity index (χ3n) is 3.42. The fraction of sp³-hybridized carbons (Fsp3) is 0.429. The van der Waals surface area contributed by atoms with Crippen molar-refractivity contribution in [3.63, 3.8) is 0 Å². The van der Waals surface area contributed by atoms with Gasteiger partial charge in [-0.3, -0.25) is 9.59 Å². The molecule has 18 heavy (non-hydrogen) atoms. The number of rotatable bonds is 2. The Morgan fingerprint density at radius 3 is 2.61 bits per heavy atom. The predicted octanol–water partition coefficient (Wildman–Crippen LogP) is 2.08. The molecular formula is C14H17NO3. The molecular weight excluding hydrogens is 230 g/mol. The zero-order valence-corrected chi connectivity index (χ0v) is 10.6. The van der Waals surface area contributed by atoms with E-state index in [9.17, 15) is 9.59 Å². The van der Waals surface area contributed by atoms with Crippen LogP contribution < -0.4 is 4.90 Å². The van der Waals surface area contributed by atoms with Gasteiger partial charge < -0.3 is 10.0 Å². The Morgan fingerprint density at radius 2 is 1.94 bits per heavy atom. The molecule has 0 saturated carbocycles. The van der Waals surface area contributed by atoms with E-state index in [1.165, 1.54) is 13.8 Å². The minimum absolute atomic E-state index is 0.345. The molecule has 0 radical (unpaired) electrons. The Kier molecular flexibility index (Phi) is 3.11. The lowest BCUT2D eigenvalue weighted by atomic mass is 9.90. The number of nitrogens with zero attached hydrogens (tertiary/aromatic N) is 1. The molecule has 4 nitrogen and oxygen atoms in total. The Bertz CT molecular complexity index is 494. The summed E-state index contributed by atoms with van der Waals surface area (Å²) in [5.74, 6) is -1.43. The highest BCUT2D eigenvalue weighted by atomic mass is 16.4. The third kappa shape index (κ3) is 1.98. The van der Waals surface area contributed by atoms with Gasteiger partial charge in [-0.05, 0) is 38.3 Å². The van der Waals surface area contributed by atoms with Crippen molar-refractivity contribution in [1.29, 1.82) is 0 Å². The van der Waals surface area contributed by atoms with Crippen molar-refractivity contribution in [2.24, 2.45) is 5.41 Å². The minimum Gasteiger partial charge on any atom is -0.480 e. The summed E-state index contributed by atoms with van der Waals surface area (Å²) in [4.78, 5) is 25.1. The van der Waals surface area contributed by atoms with Gasteiger partial charge in [0.15, 0.2) is 0 Å². The Labute approximate surface area is 106 Å². The summed E-state index contributed by atoms with van der Waals surface area (Å²) in [6.45, 7) is 3.50. The van der Waals surface area contributed by atoms with E-state index in [1.807, 2.05) is 24.3 Å². The van der Waals surface area contributed by atoms with Gasteiger partial charge >= 0.3 is 5.97 Å². The number of carbonyl (C=O) groups is 2. The molecule has 1 aromatic rings. The average Bonchev–Trinajstić information content (AvgIpc) is 2.37. The molecule has 0 bridgehead atoms. The van der Waals surface area contributed by atoms with Crippen molar-refractivity contribution in [2.45, 2.75) is 26.7 Å². The number of anilines is 1. The zero-order valence-electron chi connectivity index (χ0n) is 10.6. The van der Waals surface area contributed by atoms with Crippen LogP contribution in [0.25, 0.3) is 0 Å². The first kappa shape index (κ1) is 12.6. The van der Waals surface area contributed by atoms with Crippen molar-refractivity contribution in [3.05, 3.63) is 29.8 Å². The number of amides is 1. The molecule has 0 aliphatic carbocycles. The average molecular weight is 247 g/mol. The van der Waals surface area contributed by atoms with E-state index in [1.54, 1.807) is 4.90 Å². The lowest BCUT2D eigenvalue weighted by molar-refractivity contribution is -0.152. The maximum Gasteiger partial charge on any atom is 0.318 e. The topological polar surface area (TPSA) is 57.6 Å². The number of aryl methyl sites for hydroxylation is 1. The number of carboxylic acid groups (broad SMARTS) is 1. The van der Waals surface area contributed by atoms with Crippen LogP contribution in [0.4, 0.5) is 5.69 Å². The number of hydrogen-bond donors (Lipinski definition) is 1. The third-order valence-corrected chi connectivity index (χ3v) is 3.42. The molecule has 1 aliphatic heterocycles. The van der Waals surface area contributed by atoms with E-state index in [4.69, 9.17) is 5.11 Å². The second-order valence-electron chi connectivity index (χ2n) is 5.12. The summed E-state index contributed by atoms with van der Waals surface area (Å²) in [5, 5.41) is 9.14. The van der Waals surface area contributed by atoms with Crippen molar-refractivity contribution >= 4 is 17.6 Å². The van der Waals surface area contributed by atoms with Gasteiger partial charge in [-0.15, -0.1) is 0 Å². The van der Waals surface area contributed by atoms with Crippen LogP contribution >= 0.6 is 0 Å². The minimum atomic E-state index is -1.38. The molecule has 96 valence electrons. The molecule has 1 aromatic carbocycles. The molecule has 0 spiro atoms. The number of carboxylic acids is 1. The molecule has 4 heteroatoms. The highest BCUT2D eigenvalue weighted by Crippen LogP contribution is 2.31. The molecule has 1 amide bonds. The lowest BCUT2D eigenvalue weighted by Crippen LogP contribution is -2.47. The number of fused-ring (bicyclic) bond motifs is 1. The van der Waals surface area contributed by atoms with E-state index in [0.717, 1.165) is 24.1 Å². The van der Waals surface area contributed by atoms with Crippen LogP contribution in [0.15, 0.2) is 24.3 Å². The van der Waals surface area contributed by atoms with Crippen LogP contribution in [0.3, 0.4) is 0 Å². The van der Waals surface area contributed by atoms with Gasteiger partial charge in [-0.2, -0.15) is 0 Å². The zero-order chi connectivity index (χ0) is 13.3. The van der Waals surface area contributed by atoms with Crippen LogP contribution in [0.2, 0.25) is 0 Å². The van der Waals surface area contributed by atoms with Gasteiger partial charge in [0.2, 0.25) is 5.91 Å². The smallest absolute Gasteiger partial charge is 0.318 e. The summed E-state index contributed by atoms with van der Waals surface area (Å²) in [5.41, 5.74) is 0.575. The first-order chi connectivity index (χ1) is 8.44. The molecule has 2 rings (SSSR count). The quantitative estimate of drug-likeness (QED) is 0.814. The number of aliphatic carboxylic acids is 1. The van der Waals surface area contributed by atoms with Crippen molar-refractivity contribution < 1.29 is 14.7 Å². The van der Waals surface area contributed by atoms with Crippen LogP contribution in [0.1, 0.15) is 25.8 Å². The van der Waals surface area contributed by atoms with Crippen LogP contribution in [-0.4, -0.2) is 23.5 Å². The highest BCUT2D eigenvalue weighted by molar-refractivity contribution is 6.09. The molecule has 1 heterocycles. The molecule has 1 N–H and O–H groups in total. The Balaban J connectivity index is 2.37. The SMILES string of the molecule is CC(C)(C(=O)O)C(=O)N1CCCc2ccccc21. The lowest BCUT2D eigenvalue weighted by Gasteiger charge is -2.33. The summed E-state index contributed by atoms with van der Waals surface area (Å²) >= 11 is 0. The van der Waals surface area contributed by atoms with Gasteiger partial charge in [-0.25, -0.2) is 0 Å². The van der Waals surface area contributed by atoms with Crippen molar-refractivity contribution in [2.75, 3.05) is 11.4 Å². The number of para-hydroxylation sites is 1. The van der Waals surface area contributed by atoms with Gasteiger partial charge in [0.25, 0.3) is 0 Å². The van der Waals surface area contributed by atoms with Gasteiger partial charge in [0, 0.05) is 12.2 Å². The summed E-state index contributed by atoms with van der Waals surface area (Å²) in [6.07, 6.45) is 1.81. The molecule has 1 aliphatic rings. The molecule has 0 atom stereocenters. The fourth-order valence-electron chi connectivity index (χ4n) is 2.17. The fourth-order valence-corrected chi connectivity index (χ4v) is 2.17. The van der Waals surface area contributed by atoms with E-state index in [0.29, 0.717) is 6.54 Å². The van der Waals surface area contributed by atoms with E-state index >= 15 is 0 Å². The highest BCUT2D eigenvalue weighted by Gasteiger charge is 2.40. The molecule has 0 fully saturated rings. The Morgan fingerprint density at radius 1 is 1.28 bits per heavy atom. The monoisotopic (exact) mass is 247 g/mol. The molecule has 0 aromatic heterocycles. The normalized spacial score (nSPS) is 15.1.